The molecule has 3 nitrogen and oxygen atoms in total. The molecule has 0 fully saturated rings. The van der Waals surface area contributed by atoms with E-state index < -0.39 is 0 Å². The molecule has 19 heavy (non-hydrogen) atoms. The summed E-state index contributed by atoms with van der Waals surface area (Å²) in [6.45, 7) is 3.12. The lowest BCUT2D eigenvalue weighted by Crippen LogP contribution is -2.17. The third kappa shape index (κ3) is 2.57. The van der Waals surface area contributed by atoms with Crippen molar-refractivity contribution in [3.05, 3.63) is 62.0 Å². The molecule has 0 aliphatic heterocycles. The van der Waals surface area contributed by atoms with E-state index in [1.54, 1.807) is 29.7 Å². The standard InChI is InChI=1S/C14H11Cl2NO2/c1-8-6-13(19)10(9(2)18)7-17(8)12-5-3-4-11(15)14(12)16/h3-7H,1-2H3. The van der Waals surface area contributed by atoms with Gasteiger partial charge in [-0.1, -0.05) is 29.3 Å². The van der Waals surface area contributed by atoms with Crippen LogP contribution in [0.5, 0.6) is 0 Å². The minimum absolute atomic E-state index is 0.127. The number of benzene rings is 1. The van der Waals surface area contributed by atoms with E-state index in [9.17, 15) is 9.59 Å². The summed E-state index contributed by atoms with van der Waals surface area (Å²) in [6.07, 6.45) is 1.50. The molecule has 5 heteroatoms. The first-order valence-corrected chi connectivity index (χ1v) is 6.36. The van der Waals surface area contributed by atoms with Crippen LogP contribution in [0.4, 0.5) is 0 Å². The Morgan fingerprint density at radius 1 is 1.26 bits per heavy atom. The molecule has 0 amide bonds. The summed E-state index contributed by atoms with van der Waals surface area (Å²) in [6, 6.07) is 6.62. The van der Waals surface area contributed by atoms with Crippen LogP contribution in [0, 0.1) is 6.92 Å². The van der Waals surface area contributed by atoms with Crippen molar-refractivity contribution in [3.63, 3.8) is 0 Å². The first-order valence-electron chi connectivity index (χ1n) is 5.60. The SMILES string of the molecule is CC(=O)c1cn(-c2cccc(Cl)c2Cl)c(C)cc1=O. The fraction of sp³-hybridized carbons (Fsp3) is 0.143. The number of hydrogen-bond acceptors (Lipinski definition) is 2. The van der Waals surface area contributed by atoms with Crippen LogP contribution in [0.3, 0.4) is 0 Å². The highest BCUT2D eigenvalue weighted by Gasteiger charge is 2.12. The van der Waals surface area contributed by atoms with Crippen molar-refractivity contribution in [2.24, 2.45) is 0 Å². The molecule has 0 radical (unpaired) electrons. The molecular weight excluding hydrogens is 285 g/mol. The van der Waals surface area contributed by atoms with Crippen molar-refractivity contribution in [3.8, 4) is 5.69 Å². The van der Waals surface area contributed by atoms with E-state index in [0.29, 0.717) is 21.4 Å². The summed E-state index contributed by atoms with van der Waals surface area (Å²) in [5.41, 5.74) is 1.15. The van der Waals surface area contributed by atoms with E-state index in [1.807, 2.05) is 0 Å². The minimum Gasteiger partial charge on any atom is -0.319 e. The van der Waals surface area contributed by atoms with Gasteiger partial charge in [0.1, 0.15) is 0 Å². The monoisotopic (exact) mass is 295 g/mol. The highest BCUT2D eigenvalue weighted by molar-refractivity contribution is 6.43. The number of pyridine rings is 1. The number of aryl methyl sites for hydroxylation is 1. The third-order valence-corrected chi connectivity index (χ3v) is 3.62. The van der Waals surface area contributed by atoms with E-state index in [4.69, 9.17) is 23.2 Å². The molecule has 0 aliphatic carbocycles. The molecule has 2 rings (SSSR count). The van der Waals surface area contributed by atoms with Crippen molar-refractivity contribution >= 4 is 29.0 Å². The molecule has 0 saturated carbocycles. The van der Waals surface area contributed by atoms with E-state index in [1.165, 1.54) is 19.2 Å². The first-order chi connectivity index (χ1) is 8.91. The largest absolute Gasteiger partial charge is 0.319 e. The Hall–Kier alpha value is -1.58. The summed E-state index contributed by atoms with van der Waals surface area (Å²) in [5, 5.41) is 0.798. The van der Waals surface area contributed by atoms with Gasteiger partial charge < -0.3 is 4.57 Å². The van der Waals surface area contributed by atoms with Gasteiger partial charge >= 0.3 is 0 Å². The van der Waals surface area contributed by atoms with Gasteiger partial charge in [0.2, 0.25) is 0 Å². The van der Waals surface area contributed by atoms with Gasteiger partial charge in [-0.25, -0.2) is 0 Å². The van der Waals surface area contributed by atoms with Crippen molar-refractivity contribution in [1.29, 1.82) is 0 Å². The van der Waals surface area contributed by atoms with Crippen molar-refractivity contribution in [2.75, 3.05) is 0 Å². The number of carbonyl (C=O) groups is 1. The lowest BCUT2D eigenvalue weighted by atomic mass is 10.1. The molecule has 0 unspecified atom stereocenters. The fourth-order valence-corrected chi connectivity index (χ4v) is 2.22. The van der Waals surface area contributed by atoms with Crippen LogP contribution < -0.4 is 5.43 Å². The third-order valence-electron chi connectivity index (χ3n) is 2.81. The quantitative estimate of drug-likeness (QED) is 0.793. The van der Waals surface area contributed by atoms with Crippen LogP contribution in [0.2, 0.25) is 10.0 Å². The van der Waals surface area contributed by atoms with Gasteiger partial charge in [0.25, 0.3) is 0 Å². The van der Waals surface area contributed by atoms with Crippen LogP contribution >= 0.6 is 23.2 Å². The van der Waals surface area contributed by atoms with Gasteiger partial charge in [0, 0.05) is 18.0 Å². The lowest BCUT2D eigenvalue weighted by molar-refractivity contribution is 0.101. The topological polar surface area (TPSA) is 39.1 Å². The van der Waals surface area contributed by atoms with Gasteiger partial charge in [-0.15, -0.1) is 0 Å². The number of Topliss-reactive ketones (excluding diaryl/α,β-unsaturated/α-hetero) is 1. The average Bonchev–Trinajstić information content (AvgIpc) is 2.33. The number of carbonyl (C=O) groups excluding carboxylic acids is 1. The molecule has 0 atom stereocenters. The van der Waals surface area contributed by atoms with Crippen LogP contribution in [0.15, 0.2) is 35.3 Å². The lowest BCUT2D eigenvalue weighted by Gasteiger charge is -2.14. The molecule has 0 spiro atoms. The fourth-order valence-electron chi connectivity index (χ4n) is 1.83. The summed E-state index contributed by atoms with van der Waals surface area (Å²) in [4.78, 5) is 23.2. The average molecular weight is 296 g/mol. The maximum Gasteiger partial charge on any atom is 0.192 e. The number of hydrogen-bond donors (Lipinski definition) is 0. The van der Waals surface area contributed by atoms with E-state index >= 15 is 0 Å². The Bertz CT molecular complexity index is 720. The normalized spacial score (nSPS) is 10.5. The van der Waals surface area contributed by atoms with Crippen LogP contribution in [0.1, 0.15) is 23.0 Å². The maximum atomic E-state index is 11.7. The Labute approximate surface area is 120 Å². The Balaban J connectivity index is 2.76. The summed E-state index contributed by atoms with van der Waals surface area (Å²) in [7, 11) is 0. The predicted molar refractivity (Wildman–Crippen MR) is 76.8 cm³/mol. The van der Waals surface area contributed by atoms with Crippen molar-refractivity contribution in [2.45, 2.75) is 13.8 Å². The van der Waals surface area contributed by atoms with Crippen LogP contribution in [0.25, 0.3) is 5.69 Å². The van der Waals surface area contributed by atoms with Gasteiger partial charge in [0.05, 0.1) is 21.3 Å². The van der Waals surface area contributed by atoms with E-state index in [-0.39, 0.29) is 16.8 Å². The maximum absolute atomic E-state index is 11.7. The smallest absolute Gasteiger partial charge is 0.192 e. The van der Waals surface area contributed by atoms with Gasteiger partial charge in [-0.3, -0.25) is 9.59 Å². The summed E-state index contributed by atoms with van der Waals surface area (Å²) < 4.78 is 1.69. The molecule has 0 saturated heterocycles. The Morgan fingerprint density at radius 2 is 1.95 bits per heavy atom. The molecule has 1 aromatic heterocycles. The highest BCUT2D eigenvalue weighted by atomic mass is 35.5. The molecule has 0 aliphatic rings. The van der Waals surface area contributed by atoms with E-state index in [0.717, 1.165) is 0 Å². The molecular formula is C14H11Cl2NO2. The van der Waals surface area contributed by atoms with E-state index in [2.05, 4.69) is 0 Å². The summed E-state index contributed by atoms with van der Waals surface area (Å²) >= 11 is 12.1. The van der Waals surface area contributed by atoms with Gasteiger partial charge in [0.15, 0.2) is 11.2 Å². The molecule has 2 aromatic rings. The van der Waals surface area contributed by atoms with Crippen molar-refractivity contribution < 1.29 is 4.79 Å². The van der Waals surface area contributed by atoms with Gasteiger partial charge in [-0.05, 0) is 26.0 Å². The number of ketones is 1. The second-order valence-corrected chi connectivity index (χ2v) is 4.98. The van der Waals surface area contributed by atoms with Crippen LogP contribution in [-0.2, 0) is 0 Å². The van der Waals surface area contributed by atoms with Gasteiger partial charge in [-0.2, -0.15) is 0 Å². The zero-order valence-electron chi connectivity index (χ0n) is 10.4. The Morgan fingerprint density at radius 3 is 2.58 bits per heavy atom. The number of nitrogens with zero attached hydrogens (tertiary/aromatic N) is 1. The second-order valence-electron chi connectivity index (χ2n) is 4.19. The second kappa shape index (κ2) is 5.19. The number of aromatic nitrogens is 1. The number of rotatable bonds is 2. The molecule has 1 heterocycles. The molecule has 98 valence electrons. The highest BCUT2D eigenvalue weighted by Crippen LogP contribution is 2.29. The molecule has 1 aromatic carbocycles. The van der Waals surface area contributed by atoms with Crippen molar-refractivity contribution in [1.82, 2.24) is 4.57 Å². The Kier molecular flexibility index (Phi) is 3.78. The predicted octanol–water partition coefficient (Wildman–Crippen LogP) is 3.66. The molecule has 0 N–H and O–H groups in total. The zero-order chi connectivity index (χ0) is 14.2. The molecule has 0 bridgehead atoms. The zero-order valence-corrected chi connectivity index (χ0v) is 11.9. The number of halogens is 2. The van der Waals surface area contributed by atoms with Crippen LogP contribution in [-0.4, -0.2) is 10.4 Å². The first kappa shape index (κ1) is 13.8. The minimum atomic E-state index is -0.292. The summed E-state index contributed by atoms with van der Waals surface area (Å²) in [5.74, 6) is -0.281.